The fourth-order valence-electron chi connectivity index (χ4n) is 1.08. The average molecular weight is 275 g/mol. The molecular formula is C11H11F2NO3S. The summed E-state index contributed by atoms with van der Waals surface area (Å²) in [6.07, 6.45) is 0. The summed E-state index contributed by atoms with van der Waals surface area (Å²) >= 11 is 0.871. The number of carboxylic acids is 1. The van der Waals surface area contributed by atoms with Crippen LogP contribution in [0.15, 0.2) is 23.1 Å². The van der Waals surface area contributed by atoms with Crippen molar-refractivity contribution in [2.45, 2.75) is 17.9 Å². The van der Waals surface area contributed by atoms with Crippen molar-refractivity contribution >= 4 is 23.6 Å². The predicted octanol–water partition coefficient (Wildman–Crippen LogP) is 1.65. The fraction of sp³-hybridized carbons (Fsp3) is 0.273. The molecule has 0 aliphatic heterocycles. The number of benzene rings is 1. The standard InChI is InChI=1S/C11H11F2NO3S/c1-6(11(16)17)14-10(15)5-18-9-3-2-7(12)4-8(9)13/h2-4,6H,5H2,1H3,(H,14,15)(H,16,17)/t6-/m0/s1. The number of rotatable bonds is 5. The van der Waals surface area contributed by atoms with E-state index in [0.717, 1.165) is 23.9 Å². The van der Waals surface area contributed by atoms with Gasteiger partial charge >= 0.3 is 5.97 Å². The largest absolute Gasteiger partial charge is 0.480 e. The number of thioether (sulfide) groups is 1. The van der Waals surface area contributed by atoms with Crippen LogP contribution < -0.4 is 5.32 Å². The Morgan fingerprint density at radius 1 is 1.44 bits per heavy atom. The van der Waals surface area contributed by atoms with Gasteiger partial charge in [-0.15, -0.1) is 11.8 Å². The monoisotopic (exact) mass is 275 g/mol. The van der Waals surface area contributed by atoms with E-state index in [-0.39, 0.29) is 10.6 Å². The Labute approximate surface area is 106 Å². The first-order valence-corrected chi connectivity index (χ1v) is 5.98. The van der Waals surface area contributed by atoms with Gasteiger partial charge in [0.15, 0.2) is 0 Å². The third kappa shape index (κ3) is 4.33. The van der Waals surface area contributed by atoms with Crippen LogP contribution in [0.1, 0.15) is 6.92 Å². The molecule has 0 saturated carbocycles. The van der Waals surface area contributed by atoms with Gasteiger partial charge in [-0.25, -0.2) is 8.78 Å². The van der Waals surface area contributed by atoms with Crippen molar-refractivity contribution in [1.82, 2.24) is 5.32 Å². The molecule has 0 aliphatic carbocycles. The molecule has 0 aromatic heterocycles. The number of carboxylic acid groups (broad SMARTS) is 1. The second kappa shape index (κ2) is 6.34. The molecule has 0 spiro atoms. The Bertz CT molecular complexity index is 468. The summed E-state index contributed by atoms with van der Waals surface area (Å²) in [5.41, 5.74) is 0. The third-order valence-corrected chi connectivity index (χ3v) is 3.05. The Balaban J connectivity index is 2.50. The van der Waals surface area contributed by atoms with Gasteiger partial charge in [-0.05, 0) is 19.1 Å². The Morgan fingerprint density at radius 3 is 2.67 bits per heavy atom. The number of hydrogen-bond donors (Lipinski definition) is 2. The lowest BCUT2D eigenvalue weighted by atomic mass is 10.3. The van der Waals surface area contributed by atoms with E-state index >= 15 is 0 Å². The molecule has 0 saturated heterocycles. The highest BCUT2D eigenvalue weighted by atomic mass is 32.2. The first-order valence-electron chi connectivity index (χ1n) is 5.00. The van der Waals surface area contributed by atoms with Crippen molar-refractivity contribution in [1.29, 1.82) is 0 Å². The lowest BCUT2D eigenvalue weighted by Gasteiger charge is -2.09. The minimum absolute atomic E-state index is 0.134. The molecule has 1 aromatic carbocycles. The van der Waals surface area contributed by atoms with Gasteiger partial charge in [-0.1, -0.05) is 0 Å². The van der Waals surface area contributed by atoms with Crippen LogP contribution >= 0.6 is 11.8 Å². The smallest absolute Gasteiger partial charge is 0.325 e. The fourth-order valence-corrected chi connectivity index (χ4v) is 1.81. The highest BCUT2D eigenvalue weighted by Crippen LogP contribution is 2.21. The van der Waals surface area contributed by atoms with Crippen molar-refractivity contribution in [3.8, 4) is 0 Å². The number of carbonyl (C=O) groups excluding carboxylic acids is 1. The molecule has 1 rings (SSSR count). The molecule has 1 atom stereocenters. The molecule has 7 heteroatoms. The van der Waals surface area contributed by atoms with E-state index in [9.17, 15) is 18.4 Å². The number of halogens is 2. The van der Waals surface area contributed by atoms with E-state index in [0.29, 0.717) is 0 Å². The number of amides is 1. The van der Waals surface area contributed by atoms with Gasteiger partial charge in [0.05, 0.1) is 5.75 Å². The van der Waals surface area contributed by atoms with Crippen LogP contribution in [0.4, 0.5) is 8.78 Å². The maximum absolute atomic E-state index is 13.2. The van der Waals surface area contributed by atoms with E-state index in [4.69, 9.17) is 5.11 Å². The van der Waals surface area contributed by atoms with Gasteiger partial charge in [-0.2, -0.15) is 0 Å². The van der Waals surface area contributed by atoms with E-state index in [2.05, 4.69) is 5.32 Å². The quantitative estimate of drug-likeness (QED) is 0.802. The molecule has 1 aromatic rings. The molecule has 98 valence electrons. The molecule has 1 amide bonds. The Hall–Kier alpha value is -1.63. The molecule has 18 heavy (non-hydrogen) atoms. The molecule has 0 aliphatic rings. The van der Waals surface area contributed by atoms with Crippen LogP contribution in [0.2, 0.25) is 0 Å². The van der Waals surface area contributed by atoms with Gasteiger partial charge < -0.3 is 10.4 Å². The molecular weight excluding hydrogens is 264 g/mol. The van der Waals surface area contributed by atoms with E-state index < -0.39 is 29.6 Å². The predicted molar refractivity (Wildman–Crippen MR) is 62.3 cm³/mol. The average Bonchev–Trinajstić information content (AvgIpc) is 2.27. The van der Waals surface area contributed by atoms with Gasteiger partial charge in [0, 0.05) is 11.0 Å². The summed E-state index contributed by atoms with van der Waals surface area (Å²) in [5.74, 6) is -3.26. The number of hydrogen-bond acceptors (Lipinski definition) is 3. The van der Waals surface area contributed by atoms with E-state index in [1.54, 1.807) is 0 Å². The molecule has 0 radical (unpaired) electrons. The van der Waals surface area contributed by atoms with Crippen LogP contribution in [0.5, 0.6) is 0 Å². The minimum atomic E-state index is -1.15. The second-order valence-corrected chi connectivity index (χ2v) is 4.51. The van der Waals surface area contributed by atoms with Gasteiger partial charge in [0.1, 0.15) is 17.7 Å². The minimum Gasteiger partial charge on any atom is -0.480 e. The summed E-state index contributed by atoms with van der Waals surface area (Å²) in [6.45, 7) is 1.32. The Kier molecular flexibility index (Phi) is 5.08. The molecule has 0 unspecified atom stereocenters. The number of aliphatic carboxylic acids is 1. The first-order chi connectivity index (χ1) is 8.40. The number of carbonyl (C=O) groups is 2. The van der Waals surface area contributed by atoms with Crippen molar-refractivity contribution < 1.29 is 23.5 Å². The maximum Gasteiger partial charge on any atom is 0.325 e. The maximum atomic E-state index is 13.2. The second-order valence-electron chi connectivity index (χ2n) is 3.49. The summed E-state index contributed by atoms with van der Waals surface area (Å²) in [4.78, 5) is 21.9. The third-order valence-electron chi connectivity index (χ3n) is 2.00. The first kappa shape index (κ1) is 14.4. The lowest BCUT2D eigenvalue weighted by Crippen LogP contribution is -2.39. The summed E-state index contributed by atoms with van der Waals surface area (Å²) in [5, 5.41) is 10.8. The van der Waals surface area contributed by atoms with Crippen molar-refractivity contribution in [2.75, 3.05) is 5.75 Å². The van der Waals surface area contributed by atoms with Crippen molar-refractivity contribution in [2.24, 2.45) is 0 Å². The normalized spacial score (nSPS) is 11.9. The molecule has 2 N–H and O–H groups in total. The molecule has 0 heterocycles. The van der Waals surface area contributed by atoms with Crippen LogP contribution in [0.25, 0.3) is 0 Å². The lowest BCUT2D eigenvalue weighted by molar-refractivity contribution is -0.140. The van der Waals surface area contributed by atoms with Crippen LogP contribution in [-0.2, 0) is 9.59 Å². The zero-order valence-electron chi connectivity index (χ0n) is 9.44. The summed E-state index contributed by atoms with van der Waals surface area (Å²) in [6, 6.07) is 2.03. The molecule has 0 fully saturated rings. The van der Waals surface area contributed by atoms with E-state index in [1.165, 1.54) is 13.0 Å². The SMILES string of the molecule is C[C@H](NC(=O)CSc1ccc(F)cc1F)C(=O)O. The van der Waals surface area contributed by atoms with Gasteiger partial charge in [0.25, 0.3) is 0 Å². The van der Waals surface area contributed by atoms with Gasteiger partial charge in [-0.3, -0.25) is 9.59 Å². The van der Waals surface area contributed by atoms with Crippen molar-refractivity contribution in [3.05, 3.63) is 29.8 Å². The van der Waals surface area contributed by atoms with Gasteiger partial charge in [0.2, 0.25) is 5.91 Å². The summed E-state index contributed by atoms with van der Waals surface area (Å²) in [7, 11) is 0. The van der Waals surface area contributed by atoms with E-state index in [1.807, 2.05) is 0 Å². The van der Waals surface area contributed by atoms with Crippen molar-refractivity contribution in [3.63, 3.8) is 0 Å². The topological polar surface area (TPSA) is 66.4 Å². The van der Waals surface area contributed by atoms with Crippen LogP contribution in [0.3, 0.4) is 0 Å². The summed E-state index contributed by atoms with van der Waals surface area (Å²) < 4.78 is 25.8. The molecule has 4 nitrogen and oxygen atoms in total. The van der Waals surface area contributed by atoms with Crippen LogP contribution in [0, 0.1) is 11.6 Å². The number of nitrogens with one attached hydrogen (secondary N) is 1. The highest BCUT2D eigenvalue weighted by Gasteiger charge is 2.14. The highest BCUT2D eigenvalue weighted by molar-refractivity contribution is 8.00. The Morgan fingerprint density at radius 2 is 2.11 bits per heavy atom. The zero-order valence-corrected chi connectivity index (χ0v) is 10.3. The molecule has 0 bridgehead atoms. The zero-order chi connectivity index (χ0) is 13.7. The van der Waals surface area contributed by atoms with Crippen LogP contribution in [-0.4, -0.2) is 28.8 Å².